The molecule has 10 nitrogen and oxygen atoms in total. The number of hydrogen-bond acceptors (Lipinski definition) is 7. The fourth-order valence-electron chi connectivity index (χ4n) is 4.05. The summed E-state index contributed by atoms with van der Waals surface area (Å²) in [4.78, 5) is 21.7. The van der Waals surface area contributed by atoms with Crippen molar-refractivity contribution in [2.45, 2.75) is 68.7 Å². The second-order valence-electron chi connectivity index (χ2n) is 10.2. The number of carbonyl (C=O) groups is 2. The molecule has 240 valence electrons. The average molecular weight is 635 g/mol. The van der Waals surface area contributed by atoms with Gasteiger partial charge in [-0.3, -0.25) is 14.4 Å². The smallest absolute Gasteiger partial charge is 0.427 e. The van der Waals surface area contributed by atoms with Crippen molar-refractivity contribution in [1.82, 2.24) is 10.6 Å². The summed E-state index contributed by atoms with van der Waals surface area (Å²) in [7, 11) is -0.342. The number of hydrogen-bond donors (Lipinski definition) is 3. The lowest BCUT2D eigenvalue weighted by Crippen LogP contribution is -2.44. The Bertz CT molecular complexity index is 1300. The third-order valence-electron chi connectivity index (χ3n) is 6.37. The van der Waals surface area contributed by atoms with E-state index in [4.69, 9.17) is 4.74 Å². The highest BCUT2D eigenvalue weighted by Crippen LogP contribution is 2.38. The number of anilines is 2. The number of fused-ring (bicyclic) bond motifs is 1. The summed E-state index contributed by atoms with van der Waals surface area (Å²) in [6.07, 6.45) is 0.933. The van der Waals surface area contributed by atoms with E-state index in [1.54, 1.807) is 0 Å². The lowest BCUT2D eigenvalue weighted by Gasteiger charge is -2.31. The van der Waals surface area contributed by atoms with Crippen LogP contribution in [0.1, 0.15) is 46.0 Å². The van der Waals surface area contributed by atoms with Crippen molar-refractivity contribution < 1.29 is 45.0 Å². The number of sulfonamides is 1. The van der Waals surface area contributed by atoms with Gasteiger partial charge in [-0.05, 0) is 83.2 Å². The summed E-state index contributed by atoms with van der Waals surface area (Å²) < 4.78 is 88.8. The zero-order chi connectivity index (χ0) is 32.3. The molecule has 0 aromatic heterocycles. The third kappa shape index (κ3) is 10.3. The van der Waals surface area contributed by atoms with Crippen LogP contribution in [0, 0.1) is 5.82 Å². The summed E-state index contributed by atoms with van der Waals surface area (Å²) in [5, 5.41) is 7.71. The molecule has 4 rings (SSSR count). The first-order valence-corrected chi connectivity index (χ1v) is 15.0. The minimum absolute atomic E-state index is 0.00784. The highest BCUT2D eigenvalue weighted by atomic mass is 32.2. The first-order valence-electron chi connectivity index (χ1n) is 13.6. The number of nitrogens with zero attached hydrogens (tertiary/aromatic N) is 1. The number of amides is 2. The van der Waals surface area contributed by atoms with Gasteiger partial charge in [-0.25, -0.2) is 17.6 Å². The van der Waals surface area contributed by atoms with Crippen molar-refractivity contribution in [3.63, 3.8) is 0 Å². The molecule has 2 amide bonds. The zero-order valence-corrected chi connectivity index (χ0v) is 25.3. The molecule has 15 heteroatoms. The van der Waals surface area contributed by atoms with E-state index in [0.717, 1.165) is 35.0 Å². The Balaban J connectivity index is 0.000000449. The SMILES string of the molecule is CC(C)(OC(=O)Nc1ccc2c(c1)N(S(=O)(=O)c1ccc(F)cc1)CCO2)C(F)(F)F.CNC.O=CNC1CCCCC1. The van der Waals surface area contributed by atoms with Crippen LogP contribution in [0.5, 0.6) is 5.75 Å². The zero-order valence-electron chi connectivity index (χ0n) is 24.5. The standard InChI is InChI=1S/C19H18F4N2O5S.C7H13NO.C2H7N/c1-18(2,19(21,22)23)30-17(26)24-13-5-8-16-15(11-13)25(9-10-29-16)31(27,28)14-6-3-12(20)4-7-14;9-6-8-7-4-2-1-3-5-7;1-3-2/h3-8,11H,9-10H2,1-2H3,(H,24,26);6-7H,1-5H2,(H,8,9);3H,1-2H3. The second kappa shape index (κ2) is 15.8. The normalized spacial score (nSPS) is 15.3. The Morgan fingerprint density at radius 1 is 1.05 bits per heavy atom. The van der Waals surface area contributed by atoms with E-state index in [0.29, 0.717) is 19.9 Å². The van der Waals surface area contributed by atoms with Gasteiger partial charge in [-0.1, -0.05) is 19.3 Å². The maximum Gasteiger partial charge on any atom is 0.427 e. The quantitative estimate of drug-likeness (QED) is 0.295. The molecule has 0 atom stereocenters. The minimum atomic E-state index is -4.78. The van der Waals surface area contributed by atoms with Crippen LogP contribution in [-0.4, -0.2) is 66.0 Å². The van der Waals surface area contributed by atoms with E-state index in [9.17, 15) is 35.6 Å². The molecule has 1 aliphatic carbocycles. The first kappa shape index (κ1) is 35.6. The van der Waals surface area contributed by atoms with Gasteiger partial charge in [0.1, 0.15) is 18.2 Å². The number of carbonyl (C=O) groups excluding carboxylic acids is 2. The van der Waals surface area contributed by atoms with E-state index >= 15 is 0 Å². The molecule has 2 aromatic carbocycles. The van der Waals surface area contributed by atoms with Gasteiger partial charge < -0.3 is 20.1 Å². The topological polar surface area (TPSA) is 126 Å². The Labute approximate surface area is 249 Å². The molecule has 1 saturated carbocycles. The number of alkyl halides is 3. The number of rotatable bonds is 6. The minimum Gasteiger partial charge on any atom is -0.489 e. The van der Waals surface area contributed by atoms with Gasteiger partial charge in [0.2, 0.25) is 12.0 Å². The van der Waals surface area contributed by atoms with Gasteiger partial charge in [0.15, 0.2) is 0 Å². The molecule has 0 saturated heterocycles. The molecule has 0 spiro atoms. The Morgan fingerprint density at radius 3 is 2.21 bits per heavy atom. The molecular weight excluding hydrogens is 596 g/mol. The molecule has 43 heavy (non-hydrogen) atoms. The lowest BCUT2D eigenvalue weighted by atomic mass is 9.96. The fourth-order valence-corrected chi connectivity index (χ4v) is 5.50. The van der Waals surface area contributed by atoms with Gasteiger partial charge in [-0.2, -0.15) is 13.2 Å². The third-order valence-corrected chi connectivity index (χ3v) is 8.19. The Hall–Kier alpha value is -3.59. The number of benzene rings is 2. The van der Waals surface area contributed by atoms with E-state index in [1.165, 1.54) is 50.3 Å². The van der Waals surface area contributed by atoms with Gasteiger partial charge in [-0.15, -0.1) is 0 Å². The lowest BCUT2D eigenvalue weighted by molar-refractivity contribution is -0.242. The largest absolute Gasteiger partial charge is 0.489 e. The second-order valence-corrected chi connectivity index (χ2v) is 12.1. The summed E-state index contributed by atoms with van der Waals surface area (Å²) in [5.41, 5.74) is -2.68. The van der Waals surface area contributed by atoms with Gasteiger partial charge >= 0.3 is 12.3 Å². The molecule has 1 aliphatic heterocycles. The summed E-state index contributed by atoms with van der Waals surface area (Å²) in [5.74, 6) is -0.417. The highest BCUT2D eigenvalue weighted by molar-refractivity contribution is 7.92. The van der Waals surface area contributed by atoms with Crippen molar-refractivity contribution in [1.29, 1.82) is 0 Å². The Morgan fingerprint density at radius 2 is 1.65 bits per heavy atom. The van der Waals surface area contributed by atoms with E-state index in [2.05, 4.69) is 20.7 Å². The number of nitrogens with one attached hydrogen (secondary N) is 3. The van der Waals surface area contributed by atoms with E-state index in [-0.39, 0.29) is 35.2 Å². The first-order chi connectivity index (χ1) is 20.2. The van der Waals surface area contributed by atoms with Crippen LogP contribution in [0.15, 0.2) is 47.4 Å². The van der Waals surface area contributed by atoms with Gasteiger partial charge in [0, 0.05) is 11.7 Å². The highest BCUT2D eigenvalue weighted by Gasteiger charge is 2.51. The van der Waals surface area contributed by atoms with Crippen LogP contribution in [-0.2, 0) is 19.6 Å². The van der Waals surface area contributed by atoms with Gasteiger partial charge in [0.25, 0.3) is 10.0 Å². The maximum absolute atomic E-state index is 13.2. The molecule has 0 bridgehead atoms. The maximum atomic E-state index is 13.2. The molecule has 1 heterocycles. The van der Waals surface area contributed by atoms with Crippen molar-refractivity contribution in [2.24, 2.45) is 0 Å². The van der Waals surface area contributed by atoms with Crippen LogP contribution in [0.25, 0.3) is 0 Å². The fraction of sp³-hybridized carbons (Fsp3) is 0.500. The van der Waals surface area contributed by atoms with Crippen LogP contribution in [0.3, 0.4) is 0 Å². The predicted molar refractivity (Wildman–Crippen MR) is 154 cm³/mol. The molecule has 0 radical (unpaired) electrons. The number of ether oxygens (including phenoxy) is 2. The number of halogens is 4. The molecular formula is C28H38F4N4O6S. The van der Waals surface area contributed by atoms with Crippen molar-refractivity contribution in [3.8, 4) is 5.75 Å². The van der Waals surface area contributed by atoms with Crippen molar-refractivity contribution in [3.05, 3.63) is 48.3 Å². The van der Waals surface area contributed by atoms with Crippen LogP contribution >= 0.6 is 0 Å². The molecule has 2 aromatic rings. The summed E-state index contributed by atoms with van der Waals surface area (Å²) >= 11 is 0. The summed E-state index contributed by atoms with van der Waals surface area (Å²) in [6, 6.07) is 8.64. The van der Waals surface area contributed by atoms with Gasteiger partial charge in [0.05, 0.1) is 17.1 Å². The van der Waals surface area contributed by atoms with Crippen molar-refractivity contribution >= 4 is 33.9 Å². The average Bonchev–Trinajstić information content (AvgIpc) is 2.93. The summed E-state index contributed by atoms with van der Waals surface area (Å²) in [6.45, 7) is 1.37. The Kier molecular flexibility index (Phi) is 13.0. The predicted octanol–water partition coefficient (Wildman–Crippen LogP) is 5.20. The molecule has 3 N–H and O–H groups in total. The molecule has 2 aliphatic rings. The van der Waals surface area contributed by atoms with E-state index in [1.807, 2.05) is 14.1 Å². The van der Waals surface area contributed by atoms with Crippen molar-refractivity contribution in [2.75, 3.05) is 36.9 Å². The molecule has 0 unspecified atom stereocenters. The monoisotopic (exact) mass is 634 g/mol. The van der Waals surface area contributed by atoms with Crippen LogP contribution < -0.4 is 25.0 Å². The van der Waals surface area contributed by atoms with Crippen LogP contribution in [0.2, 0.25) is 0 Å². The molecule has 1 fully saturated rings. The van der Waals surface area contributed by atoms with E-state index < -0.39 is 33.7 Å². The van der Waals surface area contributed by atoms with Crippen LogP contribution in [0.4, 0.5) is 33.7 Å².